The van der Waals surface area contributed by atoms with Crippen LogP contribution in [-0.2, 0) is 7.05 Å². The third-order valence-corrected chi connectivity index (χ3v) is 5.80. The average molecular weight is 330 g/mol. The molecule has 6 nitrogen and oxygen atoms in total. The summed E-state index contributed by atoms with van der Waals surface area (Å²) in [5.74, 6) is 1.72. The third kappa shape index (κ3) is 2.39. The molecule has 1 fully saturated rings. The number of hydrogen-bond donors (Lipinski definition) is 0. The van der Waals surface area contributed by atoms with Crippen molar-refractivity contribution in [1.82, 2.24) is 19.7 Å². The molecule has 0 radical (unpaired) electrons. The van der Waals surface area contributed by atoms with Crippen LogP contribution in [0.1, 0.15) is 49.4 Å². The number of aromatic nitrogens is 4. The van der Waals surface area contributed by atoms with Crippen LogP contribution in [0.2, 0.25) is 0 Å². The van der Waals surface area contributed by atoms with E-state index in [4.69, 9.17) is 4.52 Å². The zero-order chi connectivity index (χ0) is 16.0. The van der Waals surface area contributed by atoms with Gasteiger partial charge < -0.3 is 9.09 Å². The number of nitrogens with zero attached hydrogens (tertiary/aromatic N) is 4. The summed E-state index contributed by atoms with van der Waals surface area (Å²) >= 11 is 1.44. The van der Waals surface area contributed by atoms with E-state index in [9.17, 15) is 4.79 Å². The smallest absolute Gasteiger partial charge is 0.268 e. The van der Waals surface area contributed by atoms with Crippen LogP contribution in [0, 0.1) is 6.92 Å². The van der Waals surface area contributed by atoms with Crippen LogP contribution >= 0.6 is 11.3 Å². The molecule has 1 aliphatic rings. The number of aryl methyl sites for hydroxylation is 2. The maximum absolute atomic E-state index is 12.3. The van der Waals surface area contributed by atoms with Crippen molar-refractivity contribution in [3.8, 4) is 10.8 Å². The summed E-state index contributed by atoms with van der Waals surface area (Å²) in [6.45, 7) is 1.92. The molecule has 1 aliphatic carbocycles. The van der Waals surface area contributed by atoms with Crippen LogP contribution in [0.3, 0.4) is 0 Å². The fraction of sp³-hybridized carbons (Fsp3) is 0.500. The van der Waals surface area contributed by atoms with Gasteiger partial charge >= 0.3 is 0 Å². The maximum atomic E-state index is 12.3. The molecule has 0 spiro atoms. The van der Waals surface area contributed by atoms with Crippen molar-refractivity contribution in [2.75, 3.05) is 0 Å². The molecule has 0 aliphatic heterocycles. The summed E-state index contributed by atoms with van der Waals surface area (Å²) in [4.78, 5) is 22.8. The summed E-state index contributed by atoms with van der Waals surface area (Å²) in [7, 11) is 1.71. The number of thiophene rings is 1. The Kier molecular flexibility index (Phi) is 3.52. The lowest BCUT2D eigenvalue weighted by molar-refractivity contribution is 0.385. The molecule has 120 valence electrons. The topological polar surface area (TPSA) is 73.8 Å². The summed E-state index contributed by atoms with van der Waals surface area (Å²) in [6, 6.07) is 0. The van der Waals surface area contributed by atoms with Crippen molar-refractivity contribution in [2.45, 2.75) is 44.9 Å². The standard InChI is InChI=1S/C16H18N4O2S/c1-9-11-15(17-8-20(2)16(11)21)23-12(9)14-18-13(19-22-14)10-6-4-3-5-7-10/h8,10H,3-7H2,1-2H3. The van der Waals surface area contributed by atoms with Crippen LogP contribution in [0.4, 0.5) is 0 Å². The van der Waals surface area contributed by atoms with Gasteiger partial charge in [0.05, 0.1) is 16.6 Å². The first-order valence-corrected chi connectivity index (χ1v) is 8.75. The highest BCUT2D eigenvalue weighted by Gasteiger charge is 2.24. The van der Waals surface area contributed by atoms with Gasteiger partial charge in [-0.15, -0.1) is 11.3 Å². The van der Waals surface area contributed by atoms with E-state index < -0.39 is 0 Å². The van der Waals surface area contributed by atoms with Gasteiger partial charge in [-0.05, 0) is 25.3 Å². The molecule has 0 amide bonds. The molecule has 1 saturated carbocycles. The highest BCUT2D eigenvalue weighted by molar-refractivity contribution is 7.22. The van der Waals surface area contributed by atoms with Gasteiger partial charge in [0.15, 0.2) is 5.82 Å². The molecular weight excluding hydrogens is 312 g/mol. The third-order valence-electron chi connectivity index (χ3n) is 4.62. The van der Waals surface area contributed by atoms with Crippen molar-refractivity contribution >= 4 is 21.6 Å². The summed E-state index contributed by atoms with van der Waals surface area (Å²) in [5.41, 5.74) is 0.833. The molecule has 3 heterocycles. The maximum Gasteiger partial charge on any atom is 0.268 e. The molecule has 0 bridgehead atoms. The van der Waals surface area contributed by atoms with Crippen molar-refractivity contribution in [3.05, 3.63) is 28.1 Å². The van der Waals surface area contributed by atoms with Crippen molar-refractivity contribution in [3.63, 3.8) is 0 Å². The summed E-state index contributed by atoms with van der Waals surface area (Å²) in [6.07, 6.45) is 7.57. The summed E-state index contributed by atoms with van der Waals surface area (Å²) < 4.78 is 6.99. The number of fused-ring (bicyclic) bond motifs is 1. The summed E-state index contributed by atoms with van der Waals surface area (Å²) in [5, 5.41) is 4.83. The SMILES string of the molecule is Cc1c(-c2nc(C3CCCCC3)no2)sc2ncn(C)c(=O)c12. The second-order valence-electron chi connectivity index (χ2n) is 6.19. The van der Waals surface area contributed by atoms with E-state index in [0.717, 1.165) is 33.9 Å². The van der Waals surface area contributed by atoms with Gasteiger partial charge in [0.1, 0.15) is 4.83 Å². The van der Waals surface area contributed by atoms with E-state index in [1.807, 2.05) is 6.92 Å². The quantitative estimate of drug-likeness (QED) is 0.720. The van der Waals surface area contributed by atoms with E-state index in [0.29, 0.717) is 17.2 Å². The highest BCUT2D eigenvalue weighted by Crippen LogP contribution is 2.37. The Morgan fingerprint density at radius 1 is 1.30 bits per heavy atom. The molecule has 0 unspecified atom stereocenters. The van der Waals surface area contributed by atoms with Crippen molar-refractivity contribution in [1.29, 1.82) is 0 Å². The Labute approximate surface area is 137 Å². The molecule has 0 saturated heterocycles. The van der Waals surface area contributed by atoms with Crippen LogP contribution in [0.5, 0.6) is 0 Å². The van der Waals surface area contributed by atoms with Gasteiger partial charge in [-0.3, -0.25) is 4.79 Å². The van der Waals surface area contributed by atoms with E-state index in [1.54, 1.807) is 13.4 Å². The lowest BCUT2D eigenvalue weighted by atomic mass is 9.89. The van der Waals surface area contributed by atoms with E-state index in [-0.39, 0.29) is 5.56 Å². The minimum atomic E-state index is -0.0398. The lowest BCUT2D eigenvalue weighted by Crippen LogP contribution is -2.16. The van der Waals surface area contributed by atoms with E-state index >= 15 is 0 Å². The van der Waals surface area contributed by atoms with Crippen LogP contribution in [0.15, 0.2) is 15.6 Å². The average Bonchev–Trinajstić information content (AvgIpc) is 3.17. The molecule has 23 heavy (non-hydrogen) atoms. The first-order valence-electron chi connectivity index (χ1n) is 7.94. The number of rotatable bonds is 2. The predicted octanol–water partition coefficient (Wildman–Crippen LogP) is 3.40. The molecule has 0 N–H and O–H groups in total. The van der Waals surface area contributed by atoms with Crippen LogP contribution in [0.25, 0.3) is 21.0 Å². The zero-order valence-electron chi connectivity index (χ0n) is 13.2. The second-order valence-corrected chi connectivity index (χ2v) is 7.19. The van der Waals surface area contributed by atoms with Crippen LogP contribution < -0.4 is 5.56 Å². The van der Waals surface area contributed by atoms with Gasteiger partial charge in [0, 0.05) is 13.0 Å². The normalized spacial score (nSPS) is 16.3. The lowest BCUT2D eigenvalue weighted by Gasteiger charge is -2.17. The number of hydrogen-bond acceptors (Lipinski definition) is 6. The Hall–Kier alpha value is -2.02. The molecule has 0 atom stereocenters. The Morgan fingerprint density at radius 2 is 2.09 bits per heavy atom. The molecule has 7 heteroatoms. The van der Waals surface area contributed by atoms with Gasteiger partial charge in [-0.25, -0.2) is 4.98 Å². The minimum absolute atomic E-state index is 0.0398. The Balaban J connectivity index is 1.78. The van der Waals surface area contributed by atoms with E-state index in [1.165, 1.54) is 35.2 Å². The molecule has 0 aromatic carbocycles. The van der Waals surface area contributed by atoms with Crippen LogP contribution in [-0.4, -0.2) is 19.7 Å². The van der Waals surface area contributed by atoms with Gasteiger partial charge in [-0.1, -0.05) is 24.4 Å². The fourth-order valence-electron chi connectivity index (χ4n) is 3.27. The van der Waals surface area contributed by atoms with Gasteiger partial charge in [0.2, 0.25) is 0 Å². The largest absolute Gasteiger partial charge is 0.333 e. The van der Waals surface area contributed by atoms with Gasteiger partial charge in [-0.2, -0.15) is 4.98 Å². The molecule has 3 aromatic heterocycles. The first kappa shape index (κ1) is 14.6. The Bertz CT molecular complexity index is 918. The minimum Gasteiger partial charge on any atom is -0.333 e. The zero-order valence-corrected chi connectivity index (χ0v) is 14.0. The fourth-order valence-corrected chi connectivity index (χ4v) is 4.33. The monoisotopic (exact) mass is 330 g/mol. The predicted molar refractivity (Wildman–Crippen MR) is 88.7 cm³/mol. The Morgan fingerprint density at radius 3 is 2.87 bits per heavy atom. The highest BCUT2D eigenvalue weighted by atomic mass is 32.1. The van der Waals surface area contributed by atoms with Gasteiger partial charge in [0.25, 0.3) is 11.4 Å². The van der Waals surface area contributed by atoms with E-state index in [2.05, 4.69) is 15.1 Å². The molecule has 3 aromatic rings. The first-order chi connectivity index (χ1) is 11.1. The van der Waals surface area contributed by atoms with Crippen molar-refractivity contribution in [2.24, 2.45) is 7.05 Å². The molecule has 4 rings (SSSR count). The second kappa shape index (κ2) is 5.56. The van der Waals surface area contributed by atoms with Crippen molar-refractivity contribution < 1.29 is 4.52 Å². The molecular formula is C16H18N4O2S.